The molecule has 0 aromatic rings. The summed E-state index contributed by atoms with van der Waals surface area (Å²) in [6.07, 6.45) is 17.5. The molecule has 0 heterocycles. The van der Waals surface area contributed by atoms with Gasteiger partial charge in [-0.25, -0.2) is 13.2 Å². The number of carbonyl (C=O) groups excluding carboxylic acids is 1. The maximum Gasteiger partial charge on any atom is 0.350 e. The second-order valence-corrected chi connectivity index (χ2v) is 9.07. The Balaban J connectivity index is 2.86. The van der Waals surface area contributed by atoms with Crippen molar-refractivity contribution in [3.63, 3.8) is 0 Å². The Morgan fingerprint density at radius 1 is 1.10 bits per heavy atom. The average Bonchev–Trinajstić information content (AvgIpc) is 2.73. The first kappa shape index (κ1) is 25.2. The topological polar surface area (TPSA) is 63.7 Å². The first-order chi connectivity index (χ1) is 14.0. The van der Waals surface area contributed by atoms with Crippen LogP contribution in [0.15, 0.2) is 46.4 Å². The summed E-state index contributed by atoms with van der Waals surface area (Å²) in [6.45, 7) is 8.06. The first-order valence-corrected chi connectivity index (χ1v) is 12.4. The van der Waals surface area contributed by atoms with Gasteiger partial charge in [0.1, 0.15) is 0 Å². The molecule has 0 saturated carbocycles. The number of carbonyl (C=O) groups is 1. The highest BCUT2D eigenvalue weighted by atomic mass is 32.2. The molecule has 0 spiro atoms. The second-order valence-electron chi connectivity index (χ2n) is 7.10. The molecule has 0 amide bonds. The maximum atomic E-state index is 13.0. The lowest BCUT2D eigenvalue weighted by Crippen LogP contribution is -2.19. The summed E-state index contributed by atoms with van der Waals surface area (Å²) in [5.74, 6) is -0.766. The van der Waals surface area contributed by atoms with Crippen LogP contribution in [-0.2, 0) is 19.4 Å². The van der Waals surface area contributed by atoms with Crippen molar-refractivity contribution in [2.75, 3.05) is 19.7 Å². The molecular formula is C23H37NO4S. The minimum Gasteiger partial charge on any atom is -0.462 e. The van der Waals surface area contributed by atoms with E-state index in [1.54, 1.807) is 24.4 Å². The van der Waals surface area contributed by atoms with Gasteiger partial charge in [-0.15, -0.1) is 0 Å². The summed E-state index contributed by atoms with van der Waals surface area (Å²) in [5.41, 5.74) is 0. The molecular weight excluding hydrogens is 386 g/mol. The highest BCUT2D eigenvalue weighted by Gasteiger charge is 2.29. The predicted molar refractivity (Wildman–Crippen MR) is 120 cm³/mol. The molecule has 6 heteroatoms. The number of nitrogens with zero attached hydrogens (tertiary/aromatic N) is 1. The number of hydrogen-bond acceptors (Lipinski definition) is 5. The van der Waals surface area contributed by atoms with Crippen LogP contribution in [0.25, 0.3) is 0 Å². The molecule has 29 heavy (non-hydrogen) atoms. The van der Waals surface area contributed by atoms with Crippen molar-refractivity contribution in [2.24, 2.45) is 0 Å². The monoisotopic (exact) mass is 423 g/mol. The van der Waals surface area contributed by atoms with Crippen molar-refractivity contribution < 1.29 is 17.9 Å². The molecule has 164 valence electrons. The van der Waals surface area contributed by atoms with Gasteiger partial charge < -0.3 is 9.64 Å². The van der Waals surface area contributed by atoms with Gasteiger partial charge in [-0.3, -0.25) is 0 Å². The smallest absolute Gasteiger partial charge is 0.350 e. The molecule has 1 aliphatic rings. The SMILES string of the molecule is CCCCCCCCOC(=O)/C(=C/C=C/N(CC)CC)S(=O)(=O)C1=CC=CCC1. The zero-order valence-electron chi connectivity index (χ0n) is 18.2. The Labute approximate surface area is 177 Å². The molecule has 0 aromatic carbocycles. The Kier molecular flexibility index (Phi) is 12.4. The molecule has 0 bridgehead atoms. The number of ether oxygens (including phenoxy) is 1. The lowest BCUT2D eigenvalue weighted by atomic mass is 10.1. The quantitative estimate of drug-likeness (QED) is 0.165. The normalized spacial score (nSPS) is 14.9. The summed E-state index contributed by atoms with van der Waals surface area (Å²) in [5, 5.41) is 0. The minimum atomic E-state index is -3.86. The molecule has 0 N–H and O–H groups in total. The first-order valence-electron chi connectivity index (χ1n) is 10.9. The number of esters is 1. The van der Waals surface area contributed by atoms with Gasteiger partial charge in [0.25, 0.3) is 0 Å². The van der Waals surface area contributed by atoms with E-state index in [1.165, 1.54) is 25.3 Å². The number of sulfone groups is 1. The van der Waals surface area contributed by atoms with E-state index in [0.29, 0.717) is 12.8 Å². The molecule has 0 atom stereocenters. The van der Waals surface area contributed by atoms with Crippen molar-refractivity contribution in [2.45, 2.75) is 72.1 Å². The van der Waals surface area contributed by atoms with E-state index in [9.17, 15) is 13.2 Å². The Morgan fingerprint density at radius 3 is 2.41 bits per heavy atom. The fourth-order valence-electron chi connectivity index (χ4n) is 3.02. The molecule has 0 radical (unpaired) electrons. The molecule has 0 unspecified atom stereocenters. The van der Waals surface area contributed by atoms with Crippen molar-refractivity contribution in [1.82, 2.24) is 4.90 Å². The Bertz CT molecular complexity index is 713. The van der Waals surface area contributed by atoms with E-state index in [0.717, 1.165) is 32.4 Å². The van der Waals surface area contributed by atoms with E-state index in [2.05, 4.69) is 6.92 Å². The summed E-state index contributed by atoms with van der Waals surface area (Å²) in [7, 11) is -3.86. The fraction of sp³-hybridized carbons (Fsp3) is 0.609. The highest BCUT2D eigenvalue weighted by Crippen LogP contribution is 2.25. The maximum absolute atomic E-state index is 13.0. The van der Waals surface area contributed by atoms with Gasteiger partial charge in [-0.2, -0.15) is 0 Å². The number of hydrogen-bond donors (Lipinski definition) is 0. The van der Waals surface area contributed by atoms with Gasteiger partial charge in [0.15, 0.2) is 4.91 Å². The zero-order chi connectivity index (χ0) is 21.5. The largest absolute Gasteiger partial charge is 0.462 e. The van der Waals surface area contributed by atoms with Gasteiger partial charge in [0, 0.05) is 18.0 Å². The fourth-order valence-corrected chi connectivity index (χ4v) is 4.48. The predicted octanol–water partition coefficient (Wildman–Crippen LogP) is 5.28. The van der Waals surface area contributed by atoms with E-state index in [4.69, 9.17) is 4.74 Å². The molecule has 0 fully saturated rings. The van der Waals surface area contributed by atoms with Gasteiger partial charge in [-0.1, -0.05) is 51.2 Å². The third-order valence-electron chi connectivity index (χ3n) is 4.90. The average molecular weight is 424 g/mol. The number of allylic oxidation sites excluding steroid dienone is 6. The van der Waals surface area contributed by atoms with Crippen LogP contribution in [0.3, 0.4) is 0 Å². The molecule has 0 aromatic heterocycles. The van der Waals surface area contributed by atoms with Gasteiger partial charge in [0.2, 0.25) is 9.84 Å². The van der Waals surface area contributed by atoms with Crippen LogP contribution in [-0.4, -0.2) is 39.0 Å². The van der Waals surface area contributed by atoms with Crippen LogP contribution in [0.5, 0.6) is 0 Å². The summed E-state index contributed by atoms with van der Waals surface area (Å²) in [4.78, 5) is 14.6. The standard InChI is InChI=1S/C23H37NO4S/c1-4-7-8-9-10-14-20-28-23(25)22(18-15-19-24(5-2)6-3)29(26,27)21-16-12-11-13-17-21/h11-12,15-16,18-19H,4-10,13-14,17,20H2,1-3H3/b19-15+,22-18-. The van der Waals surface area contributed by atoms with Crippen molar-refractivity contribution in [1.29, 1.82) is 0 Å². The third kappa shape index (κ3) is 9.03. The molecule has 1 rings (SSSR count). The minimum absolute atomic E-state index is 0.247. The molecule has 5 nitrogen and oxygen atoms in total. The molecule has 1 aliphatic carbocycles. The highest BCUT2D eigenvalue weighted by molar-refractivity contribution is 7.99. The van der Waals surface area contributed by atoms with Crippen LogP contribution in [0, 0.1) is 0 Å². The van der Waals surface area contributed by atoms with Gasteiger partial charge >= 0.3 is 5.97 Å². The number of rotatable bonds is 14. The van der Waals surface area contributed by atoms with Crippen molar-refractivity contribution in [3.8, 4) is 0 Å². The summed E-state index contributed by atoms with van der Waals surface area (Å²) >= 11 is 0. The van der Waals surface area contributed by atoms with E-state index >= 15 is 0 Å². The van der Waals surface area contributed by atoms with Crippen LogP contribution in [0.4, 0.5) is 0 Å². The molecule has 0 saturated heterocycles. The third-order valence-corrected chi connectivity index (χ3v) is 6.81. The van der Waals surface area contributed by atoms with Crippen LogP contribution >= 0.6 is 0 Å². The Hall–Kier alpha value is -1.82. The van der Waals surface area contributed by atoms with Gasteiger partial charge in [-0.05, 0) is 57.5 Å². The lowest BCUT2D eigenvalue weighted by Gasteiger charge is -2.15. The van der Waals surface area contributed by atoms with Crippen LogP contribution in [0.2, 0.25) is 0 Å². The van der Waals surface area contributed by atoms with E-state index < -0.39 is 15.8 Å². The Morgan fingerprint density at radius 2 is 1.79 bits per heavy atom. The van der Waals surface area contributed by atoms with E-state index in [-0.39, 0.29) is 16.4 Å². The summed E-state index contributed by atoms with van der Waals surface area (Å²) in [6, 6.07) is 0. The zero-order valence-corrected chi connectivity index (χ0v) is 19.0. The second kappa shape index (κ2) is 14.2. The molecule has 0 aliphatic heterocycles. The van der Waals surface area contributed by atoms with E-state index in [1.807, 2.05) is 24.8 Å². The van der Waals surface area contributed by atoms with Crippen LogP contribution < -0.4 is 0 Å². The van der Waals surface area contributed by atoms with Crippen molar-refractivity contribution in [3.05, 3.63) is 46.4 Å². The van der Waals surface area contributed by atoms with Crippen LogP contribution in [0.1, 0.15) is 72.1 Å². The summed E-state index contributed by atoms with van der Waals surface area (Å²) < 4.78 is 31.4. The van der Waals surface area contributed by atoms with Crippen molar-refractivity contribution >= 4 is 15.8 Å². The lowest BCUT2D eigenvalue weighted by molar-refractivity contribution is -0.138. The van der Waals surface area contributed by atoms with Gasteiger partial charge in [0.05, 0.1) is 6.61 Å². The number of unbranched alkanes of at least 4 members (excludes halogenated alkanes) is 5.